The van der Waals surface area contributed by atoms with Gasteiger partial charge >= 0.3 is 0 Å². The average Bonchev–Trinajstić information content (AvgIpc) is 3.20. The lowest BCUT2D eigenvalue weighted by Gasteiger charge is -2.23. The molecule has 0 unspecified atom stereocenters. The Balaban J connectivity index is 2.05. The first-order valence-corrected chi connectivity index (χ1v) is 10.6. The maximum atomic E-state index is 13.3. The molecule has 0 radical (unpaired) electrons. The van der Waals surface area contributed by atoms with E-state index in [0.717, 1.165) is 9.87 Å². The third kappa shape index (κ3) is 4.53. The summed E-state index contributed by atoms with van der Waals surface area (Å²) >= 11 is 6.11. The molecule has 0 spiro atoms. The van der Waals surface area contributed by atoms with Crippen LogP contribution in [0.3, 0.4) is 0 Å². The summed E-state index contributed by atoms with van der Waals surface area (Å²) in [5.74, 6) is 0.242. The van der Waals surface area contributed by atoms with Crippen LogP contribution in [0.1, 0.15) is 21.7 Å². The minimum Gasteiger partial charge on any atom is -0.467 e. The van der Waals surface area contributed by atoms with Gasteiger partial charge in [-0.2, -0.15) is 0 Å². The van der Waals surface area contributed by atoms with Gasteiger partial charge in [-0.25, -0.2) is 12.7 Å². The first-order valence-electron chi connectivity index (χ1n) is 8.83. The Morgan fingerprint density at radius 1 is 1.07 bits per heavy atom. The summed E-state index contributed by atoms with van der Waals surface area (Å²) in [6.07, 6.45) is 1.54. The van der Waals surface area contributed by atoms with Crippen molar-refractivity contribution in [3.05, 3.63) is 82.8 Å². The summed E-state index contributed by atoms with van der Waals surface area (Å²) in [6.45, 7) is 2.16. The zero-order chi connectivity index (χ0) is 21.2. The molecule has 152 valence electrons. The molecule has 6 nitrogen and oxygen atoms in total. The molecule has 0 aliphatic carbocycles. The first-order chi connectivity index (χ1) is 13.7. The molecule has 1 amide bonds. The van der Waals surface area contributed by atoms with Crippen molar-refractivity contribution in [2.75, 3.05) is 19.0 Å². The van der Waals surface area contributed by atoms with Crippen LogP contribution in [0.5, 0.6) is 0 Å². The van der Waals surface area contributed by atoms with Crippen LogP contribution in [0.4, 0.5) is 5.69 Å². The molecule has 0 atom stereocenters. The molecule has 0 saturated heterocycles. The molecule has 1 heterocycles. The molecular formula is C21H21ClN2O4S. The highest BCUT2D eigenvalue weighted by Crippen LogP contribution is 2.27. The largest absolute Gasteiger partial charge is 0.467 e. The minimum absolute atomic E-state index is 0.0585. The van der Waals surface area contributed by atoms with Crippen LogP contribution < -0.4 is 4.90 Å². The highest BCUT2D eigenvalue weighted by Gasteiger charge is 2.25. The minimum atomic E-state index is -3.80. The lowest BCUT2D eigenvalue weighted by atomic mass is 10.1. The number of rotatable bonds is 6. The monoisotopic (exact) mass is 432 g/mol. The van der Waals surface area contributed by atoms with E-state index in [0.29, 0.717) is 11.4 Å². The lowest BCUT2D eigenvalue weighted by molar-refractivity contribution is 0.0983. The van der Waals surface area contributed by atoms with Crippen molar-refractivity contribution in [2.24, 2.45) is 0 Å². The summed E-state index contributed by atoms with van der Waals surface area (Å²) < 4.78 is 31.6. The van der Waals surface area contributed by atoms with Crippen molar-refractivity contribution >= 4 is 33.2 Å². The molecular weight excluding hydrogens is 412 g/mol. The zero-order valence-corrected chi connectivity index (χ0v) is 17.9. The fraction of sp³-hybridized carbons (Fsp3) is 0.190. The maximum absolute atomic E-state index is 13.3. The van der Waals surface area contributed by atoms with Crippen LogP contribution in [-0.2, 0) is 16.6 Å². The van der Waals surface area contributed by atoms with E-state index in [1.54, 1.807) is 12.1 Å². The Morgan fingerprint density at radius 3 is 2.34 bits per heavy atom. The number of carbonyl (C=O) groups is 1. The van der Waals surface area contributed by atoms with Gasteiger partial charge in [0.15, 0.2) is 0 Å². The normalized spacial score (nSPS) is 11.6. The van der Waals surface area contributed by atoms with Crippen molar-refractivity contribution in [2.45, 2.75) is 18.4 Å². The van der Waals surface area contributed by atoms with Gasteiger partial charge in [0, 0.05) is 25.3 Å². The van der Waals surface area contributed by atoms with Gasteiger partial charge in [-0.05, 0) is 49.4 Å². The van der Waals surface area contributed by atoms with Gasteiger partial charge in [-0.3, -0.25) is 4.79 Å². The number of hydrogen-bond donors (Lipinski definition) is 0. The van der Waals surface area contributed by atoms with Gasteiger partial charge < -0.3 is 9.32 Å². The first kappa shape index (κ1) is 21.1. The number of nitrogens with zero attached hydrogens (tertiary/aromatic N) is 2. The molecule has 3 aromatic rings. The van der Waals surface area contributed by atoms with Gasteiger partial charge in [0.2, 0.25) is 10.0 Å². The summed E-state index contributed by atoms with van der Waals surface area (Å²) in [6, 6.07) is 15.3. The maximum Gasteiger partial charge on any atom is 0.258 e. The molecule has 2 aromatic carbocycles. The molecule has 1 aromatic heterocycles. The van der Waals surface area contributed by atoms with Gasteiger partial charge in [0.05, 0.1) is 17.8 Å². The Labute approximate surface area is 175 Å². The molecule has 3 rings (SSSR count). The number of aryl methyl sites for hydroxylation is 1. The lowest BCUT2D eigenvalue weighted by Crippen LogP contribution is -2.30. The average molecular weight is 433 g/mol. The molecule has 0 saturated carbocycles. The number of sulfonamides is 1. The Bertz CT molecular complexity index is 1110. The summed E-state index contributed by atoms with van der Waals surface area (Å²) in [5.41, 5.74) is 1.94. The van der Waals surface area contributed by atoms with E-state index in [9.17, 15) is 13.2 Å². The van der Waals surface area contributed by atoms with Gasteiger partial charge in [0.1, 0.15) is 10.7 Å². The fourth-order valence-electron chi connectivity index (χ4n) is 2.75. The van der Waals surface area contributed by atoms with Crippen molar-refractivity contribution in [3.63, 3.8) is 0 Å². The van der Waals surface area contributed by atoms with E-state index in [4.69, 9.17) is 16.0 Å². The molecule has 0 N–H and O–H groups in total. The number of benzene rings is 2. The molecule has 8 heteroatoms. The van der Waals surface area contributed by atoms with Crippen LogP contribution in [0.25, 0.3) is 0 Å². The molecule has 0 bridgehead atoms. The number of halogens is 1. The van der Waals surface area contributed by atoms with Crippen molar-refractivity contribution < 1.29 is 17.6 Å². The Morgan fingerprint density at radius 2 is 1.76 bits per heavy atom. The van der Waals surface area contributed by atoms with Crippen LogP contribution in [0, 0.1) is 6.92 Å². The SMILES string of the molecule is Cc1ccc(N(Cc2ccco2)C(=O)c2ccc(Cl)c(S(=O)(=O)N(C)C)c2)cc1. The highest BCUT2D eigenvalue weighted by molar-refractivity contribution is 7.89. The number of hydrogen-bond acceptors (Lipinski definition) is 4. The van der Waals surface area contributed by atoms with Gasteiger partial charge in [0.25, 0.3) is 5.91 Å². The Kier molecular flexibility index (Phi) is 6.12. The van der Waals surface area contributed by atoms with Crippen LogP contribution in [0.2, 0.25) is 5.02 Å². The van der Waals surface area contributed by atoms with Crippen LogP contribution in [0.15, 0.2) is 70.2 Å². The summed E-state index contributed by atoms with van der Waals surface area (Å²) in [4.78, 5) is 14.8. The molecule has 29 heavy (non-hydrogen) atoms. The van der Waals surface area contributed by atoms with E-state index < -0.39 is 10.0 Å². The predicted molar refractivity (Wildman–Crippen MR) is 113 cm³/mol. The third-order valence-electron chi connectivity index (χ3n) is 4.42. The molecule has 0 aliphatic heterocycles. The number of anilines is 1. The summed E-state index contributed by atoms with van der Waals surface area (Å²) in [5, 5.41) is 0.0585. The zero-order valence-electron chi connectivity index (χ0n) is 16.3. The van der Waals surface area contributed by atoms with E-state index in [-0.39, 0.29) is 27.9 Å². The second kappa shape index (κ2) is 8.41. The van der Waals surface area contributed by atoms with E-state index in [1.165, 1.54) is 43.5 Å². The van der Waals surface area contributed by atoms with E-state index in [2.05, 4.69) is 0 Å². The number of amides is 1. The van der Waals surface area contributed by atoms with Crippen molar-refractivity contribution in [1.29, 1.82) is 0 Å². The Hall–Kier alpha value is -2.61. The van der Waals surface area contributed by atoms with Crippen LogP contribution >= 0.6 is 11.6 Å². The van der Waals surface area contributed by atoms with Crippen LogP contribution in [-0.4, -0.2) is 32.7 Å². The second-order valence-electron chi connectivity index (χ2n) is 6.74. The van der Waals surface area contributed by atoms with Gasteiger partial charge in [-0.15, -0.1) is 0 Å². The van der Waals surface area contributed by atoms with E-state index in [1.807, 2.05) is 31.2 Å². The summed E-state index contributed by atoms with van der Waals surface area (Å²) in [7, 11) is -0.973. The smallest absolute Gasteiger partial charge is 0.258 e. The van der Waals surface area contributed by atoms with Gasteiger partial charge in [-0.1, -0.05) is 29.3 Å². The number of carbonyl (C=O) groups excluding carboxylic acids is 1. The number of furan rings is 1. The molecule has 0 aliphatic rings. The standard InChI is InChI=1S/C21H21ClN2O4S/c1-15-6-9-17(10-7-15)24(14-18-5-4-12-28-18)21(25)16-8-11-19(22)20(13-16)29(26,27)23(2)3/h4-13H,14H2,1-3H3. The molecule has 0 fully saturated rings. The van der Waals surface area contributed by atoms with E-state index >= 15 is 0 Å². The third-order valence-corrected chi connectivity index (χ3v) is 6.72. The quantitative estimate of drug-likeness (QED) is 0.581. The van der Waals surface area contributed by atoms with Crippen molar-refractivity contribution in [1.82, 2.24) is 4.31 Å². The topological polar surface area (TPSA) is 70.8 Å². The van der Waals surface area contributed by atoms with Crippen molar-refractivity contribution in [3.8, 4) is 0 Å². The predicted octanol–water partition coefficient (Wildman–Crippen LogP) is 4.34. The fourth-order valence-corrected chi connectivity index (χ4v) is 4.14. The second-order valence-corrected chi connectivity index (χ2v) is 9.27. The highest BCUT2D eigenvalue weighted by atomic mass is 35.5.